The molecule has 2 atom stereocenters. The van der Waals surface area contributed by atoms with E-state index in [4.69, 9.17) is 11.6 Å². The van der Waals surface area contributed by atoms with E-state index in [0.717, 1.165) is 11.3 Å². The van der Waals surface area contributed by atoms with E-state index >= 15 is 0 Å². The summed E-state index contributed by atoms with van der Waals surface area (Å²) in [4.78, 5) is 0. The Hall–Kier alpha value is -1.77. The van der Waals surface area contributed by atoms with Crippen LogP contribution in [-0.4, -0.2) is 11.2 Å². The van der Waals surface area contributed by atoms with Crippen molar-refractivity contribution in [2.45, 2.75) is 12.1 Å². The van der Waals surface area contributed by atoms with Gasteiger partial charge < -0.3 is 10.4 Å². The van der Waals surface area contributed by atoms with Gasteiger partial charge in [-0.15, -0.1) is 6.58 Å². The smallest absolute Gasteiger partial charge is 0.0961 e. The summed E-state index contributed by atoms with van der Waals surface area (Å²) in [5, 5.41) is 14.1. The number of hydrogen-bond donors (Lipinski definition) is 2. The number of anilines is 1. The molecule has 0 saturated carbocycles. The fourth-order valence-electron chi connectivity index (χ4n) is 1.89. The summed E-state index contributed by atoms with van der Waals surface area (Å²) in [5.74, 6) is 0. The monoisotopic (exact) mass is 273 g/mol. The van der Waals surface area contributed by atoms with Gasteiger partial charge in [0.1, 0.15) is 0 Å². The van der Waals surface area contributed by atoms with Gasteiger partial charge in [-0.25, -0.2) is 0 Å². The Labute approximate surface area is 118 Å². The number of halogens is 1. The standard InChI is InChI=1S/C16H16ClNO/c1-2-15(19)16(12-6-4-3-5-7-12)18-14-10-8-13(17)9-11-14/h2-11,15-16,18-19H,1H2. The number of rotatable bonds is 5. The predicted molar refractivity (Wildman–Crippen MR) is 80.5 cm³/mol. The second kappa shape index (κ2) is 6.41. The second-order valence-corrected chi connectivity index (χ2v) is 4.70. The number of aliphatic hydroxyl groups excluding tert-OH is 1. The average molecular weight is 274 g/mol. The molecule has 0 amide bonds. The van der Waals surface area contributed by atoms with Crippen molar-refractivity contribution in [1.29, 1.82) is 0 Å². The first kappa shape index (κ1) is 13.7. The molecule has 0 spiro atoms. The minimum atomic E-state index is -0.668. The first-order valence-electron chi connectivity index (χ1n) is 6.08. The molecule has 0 saturated heterocycles. The van der Waals surface area contributed by atoms with Gasteiger partial charge in [-0.1, -0.05) is 48.0 Å². The van der Waals surface area contributed by atoms with Crippen LogP contribution in [0.2, 0.25) is 5.02 Å². The van der Waals surface area contributed by atoms with Crippen LogP contribution in [0.3, 0.4) is 0 Å². The molecule has 0 aliphatic heterocycles. The lowest BCUT2D eigenvalue weighted by Crippen LogP contribution is -2.23. The van der Waals surface area contributed by atoms with Gasteiger partial charge in [0.2, 0.25) is 0 Å². The van der Waals surface area contributed by atoms with Gasteiger partial charge in [0.15, 0.2) is 0 Å². The lowest BCUT2D eigenvalue weighted by Gasteiger charge is -2.23. The van der Waals surface area contributed by atoms with Crippen LogP contribution in [0.25, 0.3) is 0 Å². The highest BCUT2D eigenvalue weighted by atomic mass is 35.5. The van der Waals surface area contributed by atoms with Gasteiger partial charge in [-0.2, -0.15) is 0 Å². The molecule has 0 radical (unpaired) electrons. The molecule has 2 N–H and O–H groups in total. The van der Waals surface area contributed by atoms with Gasteiger partial charge >= 0.3 is 0 Å². The lowest BCUT2D eigenvalue weighted by molar-refractivity contribution is 0.200. The van der Waals surface area contributed by atoms with Crippen molar-refractivity contribution >= 4 is 17.3 Å². The molecule has 2 aromatic rings. The maximum absolute atomic E-state index is 10.1. The van der Waals surface area contributed by atoms with Gasteiger partial charge in [0.05, 0.1) is 12.1 Å². The molecule has 2 nitrogen and oxygen atoms in total. The first-order chi connectivity index (χ1) is 9.20. The van der Waals surface area contributed by atoms with Gasteiger partial charge in [0, 0.05) is 10.7 Å². The van der Waals surface area contributed by atoms with Crippen LogP contribution in [0.15, 0.2) is 67.3 Å². The predicted octanol–water partition coefficient (Wildman–Crippen LogP) is 4.04. The van der Waals surface area contributed by atoms with E-state index in [0.29, 0.717) is 5.02 Å². The Morgan fingerprint density at radius 2 is 1.68 bits per heavy atom. The van der Waals surface area contributed by atoms with E-state index in [-0.39, 0.29) is 6.04 Å². The van der Waals surface area contributed by atoms with E-state index in [1.165, 1.54) is 6.08 Å². The number of benzene rings is 2. The third kappa shape index (κ3) is 3.60. The SMILES string of the molecule is C=CC(O)C(Nc1ccc(Cl)cc1)c1ccccc1. The van der Waals surface area contributed by atoms with Gasteiger partial charge in [-0.05, 0) is 29.8 Å². The second-order valence-electron chi connectivity index (χ2n) is 4.27. The zero-order valence-electron chi connectivity index (χ0n) is 10.5. The fraction of sp³-hybridized carbons (Fsp3) is 0.125. The Balaban J connectivity index is 2.24. The zero-order valence-corrected chi connectivity index (χ0v) is 11.2. The lowest BCUT2D eigenvalue weighted by atomic mass is 10.0. The Morgan fingerprint density at radius 1 is 1.05 bits per heavy atom. The van der Waals surface area contributed by atoms with Crippen LogP contribution in [0.4, 0.5) is 5.69 Å². The molecule has 19 heavy (non-hydrogen) atoms. The fourth-order valence-corrected chi connectivity index (χ4v) is 2.01. The molecule has 2 unspecified atom stereocenters. The Bertz CT molecular complexity index is 524. The van der Waals surface area contributed by atoms with E-state index in [1.807, 2.05) is 54.6 Å². The summed E-state index contributed by atoms with van der Waals surface area (Å²) in [6, 6.07) is 16.9. The molecule has 0 aromatic heterocycles. The van der Waals surface area contributed by atoms with Crippen molar-refractivity contribution in [3.63, 3.8) is 0 Å². The Morgan fingerprint density at radius 3 is 2.26 bits per heavy atom. The molecule has 0 fully saturated rings. The van der Waals surface area contributed by atoms with Crippen molar-refractivity contribution in [3.05, 3.63) is 77.8 Å². The van der Waals surface area contributed by atoms with Crippen molar-refractivity contribution in [2.75, 3.05) is 5.32 Å². The molecule has 2 rings (SSSR count). The van der Waals surface area contributed by atoms with E-state index in [2.05, 4.69) is 11.9 Å². The maximum atomic E-state index is 10.1. The van der Waals surface area contributed by atoms with Crippen LogP contribution in [0.5, 0.6) is 0 Å². The first-order valence-corrected chi connectivity index (χ1v) is 6.46. The average Bonchev–Trinajstić information content (AvgIpc) is 2.47. The summed E-state index contributed by atoms with van der Waals surface area (Å²) in [6.07, 6.45) is 0.860. The number of aliphatic hydroxyl groups is 1. The molecule has 0 aliphatic carbocycles. The largest absolute Gasteiger partial charge is 0.387 e. The quantitative estimate of drug-likeness (QED) is 0.806. The van der Waals surface area contributed by atoms with Gasteiger partial charge in [-0.3, -0.25) is 0 Å². The molecular weight excluding hydrogens is 258 g/mol. The molecule has 0 heterocycles. The third-order valence-corrected chi connectivity index (χ3v) is 3.16. The van der Waals surface area contributed by atoms with Crippen LogP contribution in [0.1, 0.15) is 11.6 Å². The molecule has 2 aromatic carbocycles. The summed E-state index contributed by atoms with van der Waals surface area (Å²) >= 11 is 5.86. The summed E-state index contributed by atoms with van der Waals surface area (Å²) in [6.45, 7) is 3.65. The normalized spacial score (nSPS) is 13.6. The van der Waals surface area contributed by atoms with Crippen molar-refractivity contribution < 1.29 is 5.11 Å². The van der Waals surface area contributed by atoms with Crippen LogP contribution in [0, 0.1) is 0 Å². The van der Waals surface area contributed by atoms with Crippen LogP contribution < -0.4 is 5.32 Å². The maximum Gasteiger partial charge on any atom is 0.0961 e. The molecule has 3 heteroatoms. The van der Waals surface area contributed by atoms with E-state index in [9.17, 15) is 5.11 Å². The molecule has 0 bridgehead atoms. The topological polar surface area (TPSA) is 32.3 Å². The Kier molecular flexibility index (Phi) is 4.61. The summed E-state index contributed by atoms with van der Waals surface area (Å²) in [7, 11) is 0. The summed E-state index contributed by atoms with van der Waals surface area (Å²) in [5.41, 5.74) is 1.91. The van der Waals surface area contributed by atoms with Crippen molar-refractivity contribution in [2.24, 2.45) is 0 Å². The summed E-state index contributed by atoms with van der Waals surface area (Å²) < 4.78 is 0. The van der Waals surface area contributed by atoms with Gasteiger partial charge in [0.25, 0.3) is 0 Å². The number of nitrogens with one attached hydrogen (secondary N) is 1. The minimum absolute atomic E-state index is 0.236. The highest BCUT2D eigenvalue weighted by molar-refractivity contribution is 6.30. The molecule has 0 aliphatic rings. The minimum Gasteiger partial charge on any atom is -0.387 e. The van der Waals surface area contributed by atoms with Crippen molar-refractivity contribution in [1.82, 2.24) is 0 Å². The molecular formula is C16H16ClNO. The molecule has 98 valence electrons. The van der Waals surface area contributed by atoms with E-state index in [1.54, 1.807) is 0 Å². The van der Waals surface area contributed by atoms with Crippen LogP contribution in [-0.2, 0) is 0 Å². The highest BCUT2D eigenvalue weighted by Crippen LogP contribution is 2.24. The highest BCUT2D eigenvalue weighted by Gasteiger charge is 2.18. The zero-order chi connectivity index (χ0) is 13.7. The van der Waals surface area contributed by atoms with Crippen molar-refractivity contribution in [3.8, 4) is 0 Å². The third-order valence-electron chi connectivity index (χ3n) is 2.91. The van der Waals surface area contributed by atoms with E-state index < -0.39 is 6.10 Å². The number of hydrogen-bond acceptors (Lipinski definition) is 2. The van der Waals surface area contributed by atoms with Crippen LogP contribution >= 0.6 is 11.6 Å².